The van der Waals surface area contributed by atoms with Crippen LogP contribution in [0.15, 0.2) is 35.1 Å². The predicted molar refractivity (Wildman–Crippen MR) is 120 cm³/mol. The molecular weight excluding hydrogens is 362 g/mol. The Bertz CT molecular complexity index is 1010. The third-order valence-corrected chi connectivity index (χ3v) is 5.07. The van der Waals surface area contributed by atoms with Gasteiger partial charge in [-0.2, -0.15) is 0 Å². The highest BCUT2D eigenvalue weighted by Gasteiger charge is 2.13. The number of H-pyrrole nitrogens is 1. The van der Waals surface area contributed by atoms with Gasteiger partial charge in [-0.25, -0.2) is 9.78 Å². The molecule has 0 radical (unpaired) electrons. The summed E-state index contributed by atoms with van der Waals surface area (Å²) in [5, 5.41) is 3.49. The monoisotopic (exact) mass is 395 g/mol. The van der Waals surface area contributed by atoms with Crippen molar-refractivity contribution < 1.29 is 0 Å². The standard InChI is InChI=1S/C23H33N5O/c1-5-6-7-8-18-13-19-20(21(24)26-18)27-22(29)28(19)15-17-11-9-16(10-12-17)14-25-23(2,3)4/h9-13,25H,5-8,14-15H2,1-4H3,(H2,24,26)(H,27,29). The van der Waals surface area contributed by atoms with Crippen LogP contribution in [0.1, 0.15) is 63.8 Å². The Morgan fingerprint density at radius 2 is 1.83 bits per heavy atom. The highest BCUT2D eigenvalue weighted by Crippen LogP contribution is 2.20. The number of nitrogens with zero attached hydrogens (tertiary/aromatic N) is 2. The van der Waals surface area contributed by atoms with Crippen molar-refractivity contribution in [2.24, 2.45) is 0 Å². The zero-order valence-electron chi connectivity index (χ0n) is 18.0. The Kier molecular flexibility index (Phi) is 6.42. The van der Waals surface area contributed by atoms with E-state index >= 15 is 0 Å². The highest BCUT2D eigenvalue weighted by molar-refractivity contribution is 5.85. The van der Waals surface area contributed by atoms with Gasteiger partial charge in [0.15, 0.2) is 0 Å². The number of imidazole rings is 1. The molecule has 0 spiro atoms. The zero-order chi connectivity index (χ0) is 21.0. The minimum Gasteiger partial charge on any atom is -0.382 e. The third kappa shape index (κ3) is 5.48. The summed E-state index contributed by atoms with van der Waals surface area (Å²) in [4.78, 5) is 19.9. The highest BCUT2D eigenvalue weighted by atomic mass is 16.1. The van der Waals surface area contributed by atoms with Gasteiger partial charge in [0.2, 0.25) is 0 Å². The lowest BCUT2D eigenvalue weighted by atomic mass is 10.1. The van der Waals surface area contributed by atoms with Crippen molar-refractivity contribution in [2.45, 2.75) is 72.0 Å². The first-order valence-electron chi connectivity index (χ1n) is 10.5. The lowest BCUT2D eigenvalue weighted by Crippen LogP contribution is -2.35. The zero-order valence-corrected chi connectivity index (χ0v) is 18.0. The minimum atomic E-state index is -0.155. The molecule has 0 bridgehead atoms. The number of nitrogens with one attached hydrogen (secondary N) is 2. The first-order valence-corrected chi connectivity index (χ1v) is 10.5. The molecule has 3 rings (SSSR count). The van der Waals surface area contributed by atoms with Crippen molar-refractivity contribution in [1.82, 2.24) is 19.9 Å². The van der Waals surface area contributed by atoms with Gasteiger partial charge in [-0.1, -0.05) is 44.0 Å². The van der Waals surface area contributed by atoms with E-state index < -0.39 is 0 Å². The number of rotatable bonds is 8. The fourth-order valence-electron chi connectivity index (χ4n) is 3.38. The summed E-state index contributed by atoms with van der Waals surface area (Å²) in [6.45, 7) is 9.97. The summed E-state index contributed by atoms with van der Waals surface area (Å²) in [6, 6.07) is 10.4. The summed E-state index contributed by atoms with van der Waals surface area (Å²) in [5.41, 5.74) is 10.7. The number of aryl methyl sites for hydroxylation is 1. The molecule has 0 saturated carbocycles. The molecule has 156 valence electrons. The van der Waals surface area contributed by atoms with E-state index in [1.54, 1.807) is 4.57 Å². The third-order valence-electron chi connectivity index (χ3n) is 5.07. The van der Waals surface area contributed by atoms with Crippen molar-refractivity contribution in [3.05, 3.63) is 57.6 Å². The molecule has 0 unspecified atom stereocenters. The largest absolute Gasteiger partial charge is 0.382 e. The number of nitrogens with two attached hydrogens (primary N) is 1. The number of unbranched alkanes of at least 4 members (excludes halogenated alkanes) is 2. The second-order valence-corrected chi connectivity index (χ2v) is 8.79. The molecule has 0 aliphatic carbocycles. The molecule has 0 atom stereocenters. The molecule has 0 aliphatic rings. The molecule has 6 heteroatoms. The number of anilines is 1. The lowest BCUT2D eigenvalue weighted by molar-refractivity contribution is 0.424. The predicted octanol–water partition coefficient (Wildman–Crippen LogP) is 3.98. The number of nitrogen functional groups attached to an aromatic ring is 1. The van der Waals surface area contributed by atoms with Crippen molar-refractivity contribution in [3.63, 3.8) is 0 Å². The van der Waals surface area contributed by atoms with Gasteiger partial charge in [-0.3, -0.25) is 4.57 Å². The van der Waals surface area contributed by atoms with Crippen molar-refractivity contribution >= 4 is 16.9 Å². The molecule has 6 nitrogen and oxygen atoms in total. The van der Waals surface area contributed by atoms with Gasteiger partial charge < -0.3 is 16.0 Å². The topological polar surface area (TPSA) is 88.7 Å². The Labute approximate surface area is 172 Å². The minimum absolute atomic E-state index is 0.0822. The Hall–Kier alpha value is -2.60. The first kappa shape index (κ1) is 21.1. The van der Waals surface area contributed by atoms with Gasteiger partial charge in [0.25, 0.3) is 0 Å². The second-order valence-electron chi connectivity index (χ2n) is 8.79. The molecule has 1 aromatic carbocycles. The fraction of sp³-hybridized carbons (Fsp3) is 0.478. The summed E-state index contributed by atoms with van der Waals surface area (Å²) in [5.74, 6) is 0.397. The average Bonchev–Trinajstić information content (AvgIpc) is 2.97. The van der Waals surface area contributed by atoms with Crippen LogP contribution in [-0.2, 0) is 19.5 Å². The summed E-state index contributed by atoms with van der Waals surface area (Å²) < 4.78 is 1.75. The van der Waals surface area contributed by atoms with Gasteiger partial charge in [0, 0.05) is 17.8 Å². The van der Waals surface area contributed by atoms with Crippen LogP contribution in [0, 0.1) is 0 Å². The molecule has 0 fully saturated rings. The Balaban J connectivity index is 1.82. The van der Waals surface area contributed by atoms with E-state index in [4.69, 9.17) is 5.73 Å². The van der Waals surface area contributed by atoms with Crippen LogP contribution >= 0.6 is 0 Å². The van der Waals surface area contributed by atoms with E-state index in [9.17, 15) is 4.79 Å². The van der Waals surface area contributed by atoms with Crippen molar-refractivity contribution in [1.29, 1.82) is 0 Å². The van der Waals surface area contributed by atoms with Crippen LogP contribution < -0.4 is 16.7 Å². The normalized spacial score (nSPS) is 12.0. The number of benzene rings is 1. The molecular formula is C23H33N5O. The van der Waals surface area contributed by atoms with Crippen molar-refractivity contribution in [2.75, 3.05) is 5.73 Å². The fourth-order valence-corrected chi connectivity index (χ4v) is 3.38. The molecule has 3 aromatic rings. The molecule has 0 aliphatic heterocycles. The molecule has 0 amide bonds. The van der Waals surface area contributed by atoms with Gasteiger partial charge in [-0.05, 0) is 50.8 Å². The van der Waals surface area contributed by atoms with Gasteiger partial charge in [0.05, 0.1) is 12.1 Å². The van der Waals surface area contributed by atoms with Gasteiger partial charge >= 0.3 is 5.69 Å². The quantitative estimate of drug-likeness (QED) is 0.504. The van der Waals surface area contributed by atoms with Crippen LogP contribution in [-0.4, -0.2) is 20.1 Å². The summed E-state index contributed by atoms with van der Waals surface area (Å²) in [7, 11) is 0. The number of hydrogen-bond donors (Lipinski definition) is 3. The van der Waals surface area contributed by atoms with E-state index in [-0.39, 0.29) is 11.2 Å². The summed E-state index contributed by atoms with van der Waals surface area (Å²) >= 11 is 0. The SMILES string of the molecule is CCCCCc1cc2c([nH]c(=O)n2Cc2ccc(CNC(C)(C)C)cc2)c(N)n1. The van der Waals surface area contributed by atoms with Crippen LogP contribution in [0.5, 0.6) is 0 Å². The van der Waals surface area contributed by atoms with Crippen LogP contribution in [0.25, 0.3) is 11.0 Å². The van der Waals surface area contributed by atoms with E-state index in [1.165, 1.54) is 5.56 Å². The number of pyridine rings is 1. The van der Waals surface area contributed by atoms with Crippen LogP contribution in [0.2, 0.25) is 0 Å². The first-order chi connectivity index (χ1) is 13.8. The average molecular weight is 396 g/mol. The van der Waals surface area contributed by atoms with Crippen molar-refractivity contribution in [3.8, 4) is 0 Å². The van der Waals surface area contributed by atoms with Gasteiger partial charge in [-0.15, -0.1) is 0 Å². The summed E-state index contributed by atoms with van der Waals surface area (Å²) in [6.07, 6.45) is 4.28. The maximum atomic E-state index is 12.6. The number of aromatic amines is 1. The van der Waals surface area contributed by atoms with E-state index in [1.807, 2.05) is 6.07 Å². The molecule has 29 heavy (non-hydrogen) atoms. The van der Waals surface area contributed by atoms with E-state index in [2.05, 4.69) is 67.2 Å². The number of fused-ring (bicyclic) bond motifs is 1. The maximum Gasteiger partial charge on any atom is 0.326 e. The van der Waals surface area contributed by atoms with Crippen LogP contribution in [0.4, 0.5) is 5.82 Å². The second kappa shape index (κ2) is 8.82. The molecule has 0 saturated heterocycles. The number of hydrogen-bond acceptors (Lipinski definition) is 4. The number of aromatic nitrogens is 3. The Morgan fingerprint density at radius 1 is 1.14 bits per heavy atom. The van der Waals surface area contributed by atoms with Crippen LogP contribution in [0.3, 0.4) is 0 Å². The molecule has 2 heterocycles. The maximum absolute atomic E-state index is 12.6. The lowest BCUT2D eigenvalue weighted by Gasteiger charge is -2.20. The smallest absolute Gasteiger partial charge is 0.326 e. The van der Waals surface area contributed by atoms with E-state index in [0.717, 1.165) is 49.0 Å². The molecule has 4 N–H and O–H groups in total. The molecule has 2 aromatic heterocycles. The van der Waals surface area contributed by atoms with E-state index in [0.29, 0.717) is 17.9 Å². The Morgan fingerprint density at radius 3 is 2.48 bits per heavy atom. The van der Waals surface area contributed by atoms with Gasteiger partial charge in [0.1, 0.15) is 11.3 Å².